The lowest BCUT2D eigenvalue weighted by molar-refractivity contribution is 0.0572. The van der Waals surface area contributed by atoms with E-state index < -0.39 is 24.2 Å². The van der Waals surface area contributed by atoms with Crippen LogP contribution >= 0.6 is 15.9 Å². The molecule has 8 heteroatoms. The SMILES string of the molecule is O=C(O)c1ccc(Br)c(NC(=O)N2CC(O)C(O)C2)c1. The number of aromatic carboxylic acids is 1. The van der Waals surface area contributed by atoms with Gasteiger partial charge < -0.3 is 25.5 Å². The van der Waals surface area contributed by atoms with Crippen molar-refractivity contribution in [3.8, 4) is 0 Å². The summed E-state index contributed by atoms with van der Waals surface area (Å²) in [5.74, 6) is -1.10. The molecule has 2 atom stereocenters. The highest BCUT2D eigenvalue weighted by Gasteiger charge is 2.32. The van der Waals surface area contributed by atoms with Gasteiger partial charge in [-0.15, -0.1) is 0 Å². The first-order chi connectivity index (χ1) is 9.38. The van der Waals surface area contributed by atoms with Crippen molar-refractivity contribution in [2.75, 3.05) is 18.4 Å². The van der Waals surface area contributed by atoms with Gasteiger partial charge in [-0.3, -0.25) is 0 Å². The molecule has 1 aromatic rings. The van der Waals surface area contributed by atoms with Crippen LogP contribution < -0.4 is 5.32 Å². The Balaban J connectivity index is 2.12. The zero-order valence-electron chi connectivity index (χ0n) is 10.3. The molecule has 0 bridgehead atoms. The van der Waals surface area contributed by atoms with Gasteiger partial charge in [0.2, 0.25) is 0 Å². The quantitative estimate of drug-likeness (QED) is 0.631. The molecule has 0 radical (unpaired) electrons. The number of anilines is 1. The van der Waals surface area contributed by atoms with E-state index in [-0.39, 0.29) is 18.7 Å². The number of β-amino-alcohol motifs (C(OH)–C–C–N with tert-alkyl or cyclic N) is 2. The number of carbonyl (C=O) groups excluding carboxylic acids is 1. The highest BCUT2D eigenvalue weighted by molar-refractivity contribution is 9.10. The van der Waals surface area contributed by atoms with Crippen molar-refractivity contribution in [2.45, 2.75) is 12.2 Å². The third-order valence-electron chi connectivity index (χ3n) is 3.00. The molecule has 1 aliphatic rings. The van der Waals surface area contributed by atoms with Gasteiger partial charge in [0.1, 0.15) is 0 Å². The van der Waals surface area contributed by atoms with Crippen LogP contribution in [0.3, 0.4) is 0 Å². The fourth-order valence-corrected chi connectivity index (χ4v) is 2.23. The molecule has 4 N–H and O–H groups in total. The number of carboxylic acid groups (broad SMARTS) is 1. The number of carbonyl (C=O) groups is 2. The fraction of sp³-hybridized carbons (Fsp3) is 0.333. The lowest BCUT2D eigenvalue weighted by Gasteiger charge is -2.17. The molecular formula is C12H13BrN2O5. The van der Waals surface area contributed by atoms with Crippen LogP contribution in [0.15, 0.2) is 22.7 Å². The number of benzene rings is 1. The van der Waals surface area contributed by atoms with Crippen molar-refractivity contribution in [1.29, 1.82) is 0 Å². The standard InChI is InChI=1S/C12H13BrN2O5/c13-7-2-1-6(11(18)19)3-8(7)14-12(20)15-4-9(16)10(17)5-15/h1-3,9-10,16-17H,4-5H2,(H,14,20)(H,18,19). The summed E-state index contributed by atoms with van der Waals surface area (Å²) >= 11 is 3.22. The largest absolute Gasteiger partial charge is 0.478 e. The van der Waals surface area contributed by atoms with Crippen LogP contribution in [0.1, 0.15) is 10.4 Å². The van der Waals surface area contributed by atoms with Crippen LogP contribution in [0.4, 0.5) is 10.5 Å². The van der Waals surface area contributed by atoms with Crippen LogP contribution in [0.2, 0.25) is 0 Å². The van der Waals surface area contributed by atoms with Gasteiger partial charge in [0.15, 0.2) is 0 Å². The smallest absolute Gasteiger partial charge is 0.335 e. The summed E-state index contributed by atoms with van der Waals surface area (Å²) in [4.78, 5) is 24.1. The van der Waals surface area contributed by atoms with Gasteiger partial charge in [-0.2, -0.15) is 0 Å². The van der Waals surface area contributed by atoms with Crippen molar-refractivity contribution in [1.82, 2.24) is 4.90 Å². The number of rotatable bonds is 2. The number of halogens is 1. The third-order valence-corrected chi connectivity index (χ3v) is 3.69. The van der Waals surface area contributed by atoms with Crippen molar-refractivity contribution in [3.63, 3.8) is 0 Å². The number of aliphatic hydroxyl groups excluding tert-OH is 2. The molecule has 0 spiro atoms. The van der Waals surface area contributed by atoms with Gasteiger partial charge in [0, 0.05) is 4.47 Å². The van der Waals surface area contributed by atoms with Crippen molar-refractivity contribution >= 4 is 33.6 Å². The highest BCUT2D eigenvalue weighted by atomic mass is 79.9. The molecule has 1 heterocycles. The number of hydrogen-bond acceptors (Lipinski definition) is 4. The van der Waals surface area contributed by atoms with E-state index >= 15 is 0 Å². The van der Waals surface area contributed by atoms with E-state index in [0.29, 0.717) is 10.2 Å². The number of nitrogens with one attached hydrogen (secondary N) is 1. The predicted molar refractivity (Wildman–Crippen MR) is 73.7 cm³/mol. The number of aliphatic hydroxyl groups is 2. The topological polar surface area (TPSA) is 110 Å². The lowest BCUT2D eigenvalue weighted by Crippen LogP contribution is -2.34. The summed E-state index contributed by atoms with van der Waals surface area (Å²) in [6, 6.07) is 3.75. The molecule has 20 heavy (non-hydrogen) atoms. The molecule has 0 aliphatic carbocycles. The van der Waals surface area contributed by atoms with Gasteiger partial charge in [0.25, 0.3) is 0 Å². The first-order valence-electron chi connectivity index (χ1n) is 5.83. The molecule has 0 aromatic heterocycles. The number of hydrogen-bond donors (Lipinski definition) is 4. The van der Waals surface area contributed by atoms with Gasteiger partial charge >= 0.3 is 12.0 Å². The number of urea groups is 1. The second-order valence-corrected chi connectivity index (χ2v) is 5.32. The van der Waals surface area contributed by atoms with Crippen molar-refractivity contribution in [3.05, 3.63) is 28.2 Å². The number of nitrogens with zero attached hydrogens (tertiary/aromatic N) is 1. The second-order valence-electron chi connectivity index (χ2n) is 4.47. The number of amides is 2. The monoisotopic (exact) mass is 344 g/mol. The number of likely N-dealkylation sites (tertiary alicyclic amines) is 1. The van der Waals surface area contributed by atoms with Gasteiger partial charge in [-0.05, 0) is 34.1 Å². The van der Waals surface area contributed by atoms with E-state index in [1.54, 1.807) is 0 Å². The molecule has 2 rings (SSSR count). The Bertz CT molecular complexity index is 541. The zero-order valence-corrected chi connectivity index (χ0v) is 11.9. The Morgan fingerprint density at radius 3 is 2.40 bits per heavy atom. The van der Waals surface area contributed by atoms with Gasteiger partial charge in [-0.25, -0.2) is 9.59 Å². The molecular weight excluding hydrogens is 332 g/mol. The Labute approximate surface area is 122 Å². The molecule has 1 aromatic carbocycles. The summed E-state index contributed by atoms with van der Waals surface area (Å²) < 4.78 is 0.538. The number of carboxylic acids is 1. The average Bonchev–Trinajstić information content (AvgIpc) is 2.72. The van der Waals surface area contributed by atoms with Crippen molar-refractivity contribution in [2.24, 2.45) is 0 Å². The molecule has 1 saturated heterocycles. The molecule has 7 nitrogen and oxygen atoms in total. The van der Waals surface area contributed by atoms with E-state index in [4.69, 9.17) is 5.11 Å². The summed E-state index contributed by atoms with van der Waals surface area (Å²) in [6.45, 7) is 0.0620. The van der Waals surface area contributed by atoms with E-state index in [2.05, 4.69) is 21.2 Å². The van der Waals surface area contributed by atoms with Crippen LogP contribution in [0.25, 0.3) is 0 Å². The Kier molecular flexibility index (Phi) is 4.26. The summed E-state index contributed by atoms with van der Waals surface area (Å²) in [7, 11) is 0. The zero-order chi connectivity index (χ0) is 14.9. The Hall–Kier alpha value is -1.64. The maximum atomic E-state index is 12.0. The van der Waals surface area contributed by atoms with Gasteiger partial charge in [-0.1, -0.05) is 0 Å². The maximum absolute atomic E-state index is 12.0. The molecule has 2 unspecified atom stereocenters. The van der Waals surface area contributed by atoms with E-state index in [1.165, 1.54) is 23.1 Å². The first-order valence-corrected chi connectivity index (χ1v) is 6.62. The highest BCUT2D eigenvalue weighted by Crippen LogP contribution is 2.24. The van der Waals surface area contributed by atoms with Crippen LogP contribution in [-0.4, -0.2) is 57.5 Å². The van der Waals surface area contributed by atoms with E-state index in [9.17, 15) is 19.8 Å². The lowest BCUT2D eigenvalue weighted by atomic mass is 10.2. The summed E-state index contributed by atoms with van der Waals surface area (Å²) in [5.41, 5.74) is 0.357. The Morgan fingerprint density at radius 2 is 1.85 bits per heavy atom. The normalized spacial score (nSPS) is 21.9. The minimum Gasteiger partial charge on any atom is -0.478 e. The van der Waals surface area contributed by atoms with E-state index in [0.717, 1.165) is 0 Å². The Morgan fingerprint density at radius 1 is 1.25 bits per heavy atom. The molecule has 108 valence electrons. The average molecular weight is 345 g/mol. The second kappa shape index (κ2) is 5.78. The minimum absolute atomic E-state index is 0.0310. The van der Waals surface area contributed by atoms with E-state index in [1.807, 2.05) is 0 Å². The molecule has 2 amide bonds. The third kappa shape index (κ3) is 3.09. The van der Waals surface area contributed by atoms with Crippen molar-refractivity contribution < 1.29 is 24.9 Å². The van der Waals surface area contributed by atoms with Crippen LogP contribution in [0.5, 0.6) is 0 Å². The molecule has 0 saturated carbocycles. The molecule has 1 aliphatic heterocycles. The maximum Gasteiger partial charge on any atom is 0.335 e. The van der Waals surface area contributed by atoms with Crippen LogP contribution in [0, 0.1) is 0 Å². The van der Waals surface area contributed by atoms with Gasteiger partial charge in [0.05, 0.1) is 36.5 Å². The first kappa shape index (κ1) is 14.8. The van der Waals surface area contributed by atoms with Crippen LogP contribution in [-0.2, 0) is 0 Å². The summed E-state index contributed by atoms with van der Waals surface area (Å²) in [6.07, 6.45) is -1.93. The fourth-order valence-electron chi connectivity index (χ4n) is 1.88. The molecule has 1 fully saturated rings. The summed E-state index contributed by atoms with van der Waals surface area (Å²) in [5, 5.41) is 30.2. The predicted octanol–water partition coefficient (Wildman–Crippen LogP) is 0.717. The minimum atomic E-state index is -1.10.